The van der Waals surface area contributed by atoms with Gasteiger partial charge in [-0.15, -0.1) is 0 Å². The Bertz CT molecular complexity index is 323. The predicted octanol–water partition coefficient (Wildman–Crippen LogP) is 3.67. The van der Waals surface area contributed by atoms with Gasteiger partial charge in [-0.25, -0.2) is 0 Å². The second-order valence-electron chi connectivity index (χ2n) is 4.50. The van der Waals surface area contributed by atoms with Gasteiger partial charge in [0.2, 0.25) is 0 Å². The van der Waals surface area contributed by atoms with Crippen LogP contribution in [-0.4, -0.2) is 13.7 Å². The highest BCUT2D eigenvalue weighted by Gasteiger charge is 2.05. The van der Waals surface area contributed by atoms with Crippen LogP contribution in [0.1, 0.15) is 43.7 Å². The standard InChI is InChI=1S/C15H25NO/c1-4-5-6-7-11-17-15-13(2)9-8-10-14(15)12-16-3/h8-10,16H,4-7,11-12H2,1-3H3. The monoisotopic (exact) mass is 235 g/mol. The zero-order chi connectivity index (χ0) is 12.5. The summed E-state index contributed by atoms with van der Waals surface area (Å²) < 4.78 is 5.93. The summed E-state index contributed by atoms with van der Waals surface area (Å²) in [6.07, 6.45) is 5.00. The predicted molar refractivity (Wildman–Crippen MR) is 73.6 cm³/mol. The maximum atomic E-state index is 5.93. The molecule has 2 heteroatoms. The minimum absolute atomic E-state index is 0.835. The van der Waals surface area contributed by atoms with Gasteiger partial charge in [-0.2, -0.15) is 0 Å². The molecule has 0 heterocycles. The number of rotatable bonds is 8. The van der Waals surface area contributed by atoms with Gasteiger partial charge in [0.1, 0.15) is 5.75 Å². The number of ether oxygens (including phenoxy) is 1. The molecule has 1 rings (SSSR count). The maximum absolute atomic E-state index is 5.93. The van der Waals surface area contributed by atoms with E-state index in [0.717, 1.165) is 25.3 Å². The van der Waals surface area contributed by atoms with Gasteiger partial charge in [-0.3, -0.25) is 0 Å². The van der Waals surface area contributed by atoms with E-state index in [4.69, 9.17) is 4.74 Å². The maximum Gasteiger partial charge on any atom is 0.126 e. The van der Waals surface area contributed by atoms with E-state index in [9.17, 15) is 0 Å². The molecule has 0 spiro atoms. The summed E-state index contributed by atoms with van der Waals surface area (Å²) in [5.41, 5.74) is 2.48. The van der Waals surface area contributed by atoms with Crippen molar-refractivity contribution in [3.63, 3.8) is 0 Å². The molecule has 1 aromatic rings. The van der Waals surface area contributed by atoms with Crippen molar-refractivity contribution in [2.75, 3.05) is 13.7 Å². The first-order valence-electron chi connectivity index (χ1n) is 6.65. The number of hydrogen-bond donors (Lipinski definition) is 1. The van der Waals surface area contributed by atoms with Gasteiger partial charge in [0.15, 0.2) is 0 Å². The van der Waals surface area contributed by atoms with E-state index in [1.165, 1.54) is 30.4 Å². The van der Waals surface area contributed by atoms with E-state index >= 15 is 0 Å². The lowest BCUT2D eigenvalue weighted by molar-refractivity contribution is 0.299. The summed E-state index contributed by atoms with van der Waals surface area (Å²) in [5.74, 6) is 1.07. The molecule has 0 fully saturated rings. The van der Waals surface area contributed by atoms with E-state index in [2.05, 4.69) is 37.4 Å². The second-order valence-corrected chi connectivity index (χ2v) is 4.50. The SMILES string of the molecule is CCCCCCOc1c(C)cccc1CNC. The minimum Gasteiger partial charge on any atom is -0.493 e. The summed E-state index contributed by atoms with van der Waals surface area (Å²) in [4.78, 5) is 0. The highest BCUT2D eigenvalue weighted by Crippen LogP contribution is 2.23. The first-order valence-corrected chi connectivity index (χ1v) is 6.65. The fourth-order valence-corrected chi connectivity index (χ4v) is 1.95. The van der Waals surface area contributed by atoms with Crippen LogP contribution < -0.4 is 10.1 Å². The van der Waals surface area contributed by atoms with Gasteiger partial charge in [0.05, 0.1) is 6.61 Å². The molecule has 0 aliphatic heterocycles. The Morgan fingerprint density at radius 2 is 2.00 bits per heavy atom. The molecule has 96 valence electrons. The third kappa shape index (κ3) is 4.78. The Morgan fingerprint density at radius 3 is 2.71 bits per heavy atom. The zero-order valence-corrected chi connectivity index (χ0v) is 11.4. The number of para-hydroxylation sites is 1. The average molecular weight is 235 g/mol. The Kier molecular flexibility index (Phi) is 6.71. The highest BCUT2D eigenvalue weighted by atomic mass is 16.5. The number of aryl methyl sites for hydroxylation is 1. The Hall–Kier alpha value is -1.02. The van der Waals surface area contributed by atoms with Crippen LogP contribution in [-0.2, 0) is 6.54 Å². The molecule has 0 saturated heterocycles. The van der Waals surface area contributed by atoms with Crippen molar-refractivity contribution in [3.8, 4) is 5.75 Å². The normalized spacial score (nSPS) is 10.5. The second kappa shape index (κ2) is 8.13. The summed E-state index contributed by atoms with van der Waals surface area (Å²) >= 11 is 0. The van der Waals surface area contributed by atoms with Crippen molar-refractivity contribution in [3.05, 3.63) is 29.3 Å². The molecule has 0 saturated carbocycles. The summed E-state index contributed by atoms with van der Waals surface area (Å²) in [7, 11) is 1.97. The van der Waals surface area contributed by atoms with Crippen LogP contribution in [0.15, 0.2) is 18.2 Å². The minimum atomic E-state index is 0.835. The van der Waals surface area contributed by atoms with Crippen LogP contribution in [0.5, 0.6) is 5.75 Å². The third-order valence-electron chi connectivity index (χ3n) is 2.90. The molecule has 0 aromatic heterocycles. The van der Waals surface area contributed by atoms with Gasteiger partial charge in [0.25, 0.3) is 0 Å². The molecular weight excluding hydrogens is 210 g/mol. The van der Waals surface area contributed by atoms with Gasteiger partial charge in [-0.1, -0.05) is 44.4 Å². The number of unbranched alkanes of at least 4 members (excludes halogenated alkanes) is 3. The van der Waals surface area contributed by atoms with Crippen molar-refractivity contribution in [2.45, 2.75) is 46.1 Å². The average Bonchev–Trinajstić information content (AvgIpc) is 2.32. The molecule has 1 aromatic carbocycles. The smallest absolute Gasteiger partial charge is 0.126 e. The lowest BCUT2D eigenvalue weighted by atomic mass is 10.1. The van der Waals surface area contributed by atoms with Gasteiger partial charge in [-0.05, 0) is 26.0 Å². The number of benzene rings is 1. The largest absolute Gasteiger partial charge is 0.493 e. The fourth-order valence-electron chi connectivity index (χ4n) is 1.95. The number of hydrogen-bond acceptors (Lipinski definition) is 2. The summed E-state index contributed by atoms with van der Waals surface area (Å²) in [5, 5.41) is 3.18. The summed E-state index contributed by atoms with van der Waals surface area (Å²) in [6.45, 7) is 6.04. The van der Waals surface area contributed by atoms with Crippen LogP contribution in [0, 0.1) is 6.92 Å². The van der Waals surface area contributed by atoms with Crippen LogP contribution in [0.2, 0.25) is 0 Å². The first-order chi connectivity index (χ1) is 8.29. The van der Waals surface area contributed by atoms with Crippen molar-refractivity contribution < 1.29 is 4.74 Å². The van der Waals surface area contributed by atoms with E-state index in [1.54, 1.807) is 0 Å². The van der Waals surface area contributed by atoms with Gasteiger partial charge >= 0.3 is 0 Å². The lowest BCUT2D eigenvalue weighted by Gasteiger charge is -2.13. The van der Waals surface area contributed by atoms with E-state index in [0.29, 0.717) is 0 Å². The third-order valence-corrected chi connectivity index (χ3v) is 2.90. The van der Waals surface area contributed by atoms with Crippen LogP contribution >= 0.6 is 0 Å². The molecule has 2 nitrogen and oxygen atoms in total. The molecule has 0 bridgehead atoms. The Balaban J connectivity index is 2.50. The molecular formula is C15H25NO. The molecule has 0 unspecified atom stereocenters. The summed E-state index contributed by atoms with van der Waals surface area (Å²) in [6, 6.07) is 6.33. The van der Waals surface area contributed by atoms with Gasteiger partial charge in [0, 0.05) is 12.1 Å². The highest BCUT2D eigenvalue weighted by molar-refractivity contribution is 5.40. The van der Waals surface area contributed by atoms with Crippen LogP contribution in [0.4, 0.5) is 0 Å². The quantitative estimate of drug-likeness (QED) is 0.694. The molecule has 0 radical (unpaired) electrons. The van der Waals surface area contributed by atoms with E-state index < -0.39 is 0 Å². The molecule has 17 heavy (non-hydrogen) atoms. The van der Waals surface area contributed by atoms with E-state index in [-0.39, 0.29) is 0 Å². The lowest BCUT2D eigenvalue weighted by Crippen LogP contribution is -2.09. The number of nitrogens with one attached hydrogen (secondary N) is 1. The molecule has 0 atom stereocenters. The fraction of sp³-hybridized carbons (Fsp3) is 0.600. The topological polar surface area (TPSA) is 21.3 Å². The van der Waals surface area contributed by atoms with Crippen LogP contribution in [0.3, 0.4) is 0 Å². The van der Waals surface area contributed by atoms with Crippen molar-refractivity contribution in [2.24, 2.45) is 0 Å². The molecule has 0 aliphatic rings. The molecule has 0 amide bonds. The van der Waals surface area contributed by atoms with Gasteiger partial charge < -0.3 is 10.1 Å². The van der Waals surface area contributed by atoms with Crippen molar-refractivity contribution >= 4 is 0 Å². The van der Waals surface area contributed by atoms with Crippen molar-refractivity contribution in [1.29, 1.82) is 0 Å². The molecule has 0 aliphatic carbocycles. The Morgan fingerprint density at radius 1 is 1.18 bits per heavy atom. The molecule has 1 N–H and O–H groups in total. The van der Waals surface area contributed by atoms with Crippen LogP contribution in [0.25, 0.3) is 0 Å². The first kappa shape index (κ1) is 14.0. The zero-order valence-electron chi connectivity index (χ0n) is 11.4. The van der Waals surface area contributed by atoms with E-state index in [1.807, 2.05) is 7.05 Å². The Labute approximate surface area is 105 Å². The van der Waals surface area contributed by atoms with Crippen molar-refractivity contribution in [1.82, 2.24) is 5.32 Å².